The van der Waals surface area contributed by atoms with E-state index in [9.17, 15) is 4.79 Å². The number of H-pyrrole nitrogens is 1. The summed E-state index contributed by atoms with van der Waals surface area (Å²) in [4.78, 5) is 15.5. The van der Waals surface area contributed by atoms with Crippen LogP contribution in [0, 0.1) is 5.92 Å². The summed E-state index contributed by atoms with van der Waals surface area (Å²) in [5.41, 5.74) is 1.94. The van der Waals surface area contributed by atoms with Gasteiger partial charge in [-0.25, -0.2) is 0 Å². The first-order chi connectivity index (χ1) is 8.65. The molecule has 0 saturated carbocycles. The predicted molar refractivity (Wildman–Crippen MR) is 74.1 cm³/mol. The minimum atomic E-state index is 0.0376. The second-order valence-corrected chi connectivity index (χ2v) is 5.17. The van der Waals surface area contributed by atoms with Gasteiger partial charge in [-0.3, -0.25) is 9.20 Å². The van der Waals surface area contributed by atoms with Crippen molar-refractivity contribution in [3.63, 3.8) is 0 Å². The van der Waals surface area contributed by atoms with E-state index in [2.05, 4.69) is 18.8 Å². The first-order valence-corrected chi connectivity index (χ1v) is 6.27. The van der Waals surface area contributed by atoms with Crippen molar-refractivity contribution in [3.8, 4) is 0 Å². The zero-order chi connectivity index (χ0) is 12.7. The van der Waals surface area contributed by atoms with E-state index in [0.29, 0.717) is 5.92 Å². The van der Waals surface area contributed by atoms with Crippen LogP contribution < -0.4 is 5.56 Å². The number of benzene rings is 1. The summed E-state index contributed by atoms with van der Waals surface area (Å²) in [6, 6.07) is 9.75. The van der Waals surface area contributed by atoms with Gasteiger partial charge in [-0.05, 0) is 12.3 Å². The third-order valence-electron chi connectivity index (χ3n) is 3.17. The van der Waals surface area contributed by atoms with Crippen LogP contribution in [0.1, 0.15) is 19.5 Å². The highest BCUT2D eigenvalue weighted by molar-refractivity contribution is 5.95. The van der Waals surface area contributed by atoms with Gasteiger partial charge in [0.25, 0.3) is 5.56 Å². The predicted octanol–water partition coefficient (Wildman–Crippen LogP) is 2.98. The van der Waals surface area contributed by atoms with E-state index in [1.165, 1.54) is 0 Å². The van der Waals surface area contributed by atoms with Crippen molar-refractivity contribution >= 4 is 16.4 Å². The number of fused-ring (bicyclic) bond motifs is 3. The van der Waals surface area contributed by atoms with Crippen LogP contribution in [-0.2, 0) is 6.42 Å². The molecular formula is C15H16N2O. The molecule has 0 saturated heterocycles. The number of aromatic nitrogens is 2. The fourth-order valence-electron chi connectivity index (χ4n) is 2.42. The van der Waals surface area contributed by atoms with Crippen LogP contribution in [0.2, 0.25) is 0 Å². The second-order valence-electron chi connectivity index (χ2n) is 5.17. The highest BCUT2D eigenvalue weighted by atomic mass is 16.1. The SMILES string of the molecule is CC(C)Cc1cc(=O)n2cc3ccccc3c2[nH]1. The Balaban J connectivity index is 2.33. The lowest BCUT2D eigenvalue weighted by Gasteiger charge is -2.05. The highest BCUT2D eigenvalue weighted by Crippen LogP contribution is 2.19. The molecule has 0 fully saturated rings. The number of nitrogens with one attached hydrogen (secondary N) is 1. The normalized spacial score (nSPS) is 11.7. The van der Waals surface area contributed by atoms with E-state index in [4.69, 9.17) is 0 Å². The third kappa shape index (κ3) is 1.72. The summed E-state index contributed by atoms with van der Waals surface area (Å²) in [7, 11) is 0. The van der Waals surface area contributed by atoms with Gasteiger partial charge in [-0.15, -0.1) is 0 Å². The summed E-state index contributed by atoms with van der Waals surface area (Å²) < 4.78 is 1.69. The van der Waals surface area contributed by atoms with Crippen molar-refractivity contribution in [2.45, 2.75) is 20.3 Å². The summed E-state index contributed by atoms with van der Waals surface area (Å²) in [5.74, 6) is 0.532. The molecular weight excluding hydrogens is 224 g/mol. The molecule has 3 heteroatoms. The second kappa shape index (κ2) is 4.02. The van der Waals surface area contributed by atoms with Gasteiger partial charge in [0.1, 0.15) is 5.65 Å². The third-order valence-corrected chi connectivity index (χ3v) is 3.17. The Hall–Kier alpha value is -2.03. The average molecular weight is 240 g/mol. The molecule has 0 atom stereocenters. The van der Waals surface area contributed by atoms with Gasteiger partial charge in [-0.2, -0.15) is 0 Å². The Morgan fingerprint density at radius 1 is 1.28 bits per heavy atom. The maximum atomic E-state index is 12.1. The summed E-state index contributed by atoms with van der Waals surface area (Å²) in [6.45, 7) is 4.30. The Labute approximate surface area is 105 Å². The lowest BCUT2D eigenvalue weighted by atomic mass is 10.1. The molecule has 0 bridgehead atoms. The maximum absolute atomic E-state index is 12.1. The van der Waals surface area contributed by atoms with E-state index >= 15 is 0 Å². The molecule has 3 nitrogen and oxygen atoms in total. The van der Waals surface area contributed by atoms with Crippen LogP contribution in [0.4, 0.5) is 0 Å². The summed E-state index contributed by atoms with van der Waals surface area (Å²) in [6.07, 6.45) is 2.79. The Kier molecular flexibility index (Phi) is 2.47. The molecule has 0 radical (unpaired) electrons. The van der Waals surface area contributed by atoms with Crippen LogP contribution in [0.25, 0.3) is 16.4 Å². The smallest absolute Gasteiger partial charge is 0.257 e. The van der Waals surface area contributed by atoms with Crippen molar-refractivity contribution in [1.29, 1.82) is 0 Å². The molecule has 0 aliphatic carbocycles. The minimum Gasteiger partial charge on any atom is -0.344 e. The molecule has 18 heavy (non-hydrogen) atoms. The molecule has 3 rings (SSSR count). The number of hydrogen-bond acceptors (Lipinski definition) is 1. The van der Waals surface area contributed by atoms with Crippen LogP contribution in [0.5, 0.6) is 0 Å². The molecule has 2 heterocycles. The van der Waals surface area contributed by atoms with Crippen LogP contribution in [-0.4, -0.2) is 9.38 Å². The molecule has 3 aromatic rings. The molecule has 0 amide bonds. The van der Waals surface area contributed by atoms with Gasteiger partial charge in [0, 0.05) is 28.7 Å². The first-order valence-electron chi connectivity index (χ1n) is 6.27. The van der Waals surface area contributed by atoms with Crippen molar-refractivity contribution in [2.24, 2.45) is 5.92 Å². The number of aromatic amines is 1. The fourth-order valence-corrected chi connectivity index (χ4v) is 2.42. The van der Waals surface area contributed by atoms with Crippen LogP contribution >= 0.6 is 0 Å². The molecule has 1 N–H and O–H groups in total. The van der Waals surface area contributed by atoms with Crippen LogP contribution in [0.15, 0.2) is 41.3 Å². The zero-order valence-corrected chi connectivity index (χ0v) is 10.6. The summed E-state index contributed by atoms with van der Waals surface area (Å²) >= 11 is 0. The van der Waals surface area contributed by atoms with Crippen molar-refractivity contribution in [2.75, 3.05) is 0 Å². The van der Waals surface area contributed by atoms with Gasteiger partial charge in [0.15, 0.2) is 0 Å². The first kappa shape index (κ1) is 11.1. The van der Waals surface area contributed by atoms with E-state index in [-0.39, 0.29) is 5.56 Å². The van der Waals surface area contributed by atoms with Gasteiger partial charge >= 0.3 is 0 Å². The van der Waals surface area contributed by atoms with Gasteiger partial charge in [0.2, 0.25) is 0 Å². The average Bonchev–Trinajstić information content (AvgIpc) is 2.68. The fraction of sp³-hybridized carbons (Fsp3) is 0.267. The number of hydrogen-bond donors (Lipinski definition) is 1. The largest absolute Gasteiger partial charge is 0.344 e. The number of rotatable bonds is 2. The Morgan fingerprint density at radius 3 is 2.83 bits per heavy atom. The zero-order valence-electron chi connectivity index (χ0n) is 10.6. The van der Waals surface area contributed by atoms with E-state index < -0.39 is 0 Å². The standard InChI is InChI=1S/C15H16N2O/c1-10(2)7-12-8-14(18)17-9-11-5-3-4-6-13(11)15(17)16-12/h3-6,8-10,16H,7H2,1-2H3. The van der Waals surface area contributed by atoms with Crippen molar-refractivity contribution in [1.82, 2.24) is 9.38 Å². The lowest BCUT2D eigenvalue weighted by Crippen LogP contribution is -2.14. The molecule has 92 valence electrons. The highest BCUT2D eigenvalue weighted by Gasteiger charge is 2.07. The topological polar surface area (TPSA) is 37.3 Å². The van der Waals surface area contributed by atoms with E-state index in [0.717, 1.165) is 28.5 Å². The molecule has 1 aromatic carbocycles. The van der Waals surface area contributed by atoms with E-state index in [1.54, 1.807) is 10.5 Å². The minimum absolute atomic E-state index is 0.0376. The molecule has 0 aliphatic heterocycles. The van der Waals surface area contributed by atoms with Crippen molar-refractivity contribution < 1.29 is 0 Å². The van der Waals surface area contributed by atoms with Crippen LogP contribution in [0.3, 0.4) is 0 Å². The van der Waals surface area contributed by atoms with E-state index in [1.807, 2.05) is 30.5 Å². The Morgan fingerprint density at radius 2 is 2.06 bits per heavy atom. The molecule has 0 spiro atoms. The summed E-state index contributed by atoms with van der Waals surface area (Å²) in [5, 5.41) is 2.19. The monoisotopic (exact) mass is 240 g/mol. The van der Waals surface area contributed by atoms with Gasteiger partial charge in [-0.1, -0.05) is 38.1 Å². The molecule has 0 aliphatic rings. The Bertz CT molecular complexity index is 765. The van der Waals surface area contributed by atoms with Gasteiger partial charge < -0.3 is 4.98 Å². The maximum Gasteiger partial charge on any atom is 0.257 e. The quantitative estimate of drug-likeness (QED) is 0.734. The molecule has 2 aromatic heterocycles. The van der Waals surface area contributed by atoms with Crippen molar-refractivity contribution in [3.05, 3.63) is 52.6 Å². The van der Waals surface area contributed by atoms with Gasteiger partial charge in [0.05, 0.1) is 0 Å². The lowest BCUT2D eigenvalue weighted by molar-refractivity contribution is 0.634. The number of nitrogens with zero attached hydrogens (tertiary/aromatic N) is 1. The molecule has 0 unspecified atom stereocenters.